The summed E-state index contributed by atoms with van der Waals surface area (Å²) in [5.74, 6) is 0.799. The van der Waals surface area contributed by atoms with Crippen molar-refractivity contribution in [2.45, 2.75) is 6.61 Å². The lowest BCUT2D eigenvalue weighted by molar-refractivity contribution is 0.272. The number of aliphatic hydroxyl groups is 1. The molecule has 5 heteroatoms. The van der Waals surface area contributed by atoms with Crippen LogP contribution in [0.25, 0.3) is 11.4 Å². The van der Waals surface area contributed by atoms with Gasteiger partial charge in [-0.1, -0.05) is 11.6 Å². The summed E-state index contributed by atoms with van der Waals surface area (Å²) in [7, 11) is 1.87. The van der Waals surface area contributed by atoms with Crippen LogP contribution in [0.2, 0.25) is 5.02 Å². The number of nitrogens with zero attached hydrogens (tertiary/aromatic N) is 2. The van der Waals surface area contributed by atoms with Crippen molar-refractivity contribution in [3.05, 3.63) is 39.6 Å². The molecule has 0 bridgehead atoms. The molecule has 1 aromatic heterocycles. The first-order valence-electron chi connectivity index (χ1n) is 4.71. The number of aromatic nitrogens is 2. The highest BCUT2D eigenvalue weighted by Gasteiger charge is 2.12. The highest BCUT2D eigenvalue weighted by Crippen LogP contribution is 2.25. The van der Waals surface area contributed by atoms with Gasteiger partial charge in [0.2, 0.25) is 0 Å². The molecule has 3 nitrogen and oxygen atoms in total. The van der Waals surface area contributed by atoms with Gasteiger partial charge in [-0.3, -0.25) is 0 Å². The Hall–Kier alpha value is -0.840. The maximum Gasteiger partial charge on any atom is 0.141 e. The van der Waals surface area contributed by atoms with Gasteiger partial charge in [-0.15, -0.1) is 0 Å². The number of imidazole rings is 1. The van der Waals surface area contributed by atoms with Gasteiger partial charge in [0.1, 0.15) is 10.4 Å². The van der Waals surface area contributed by atoms with Crippen LogP contribution in [-0.2, 0) is 13.7 Å². The van der Waals surface area contributed by atoms with E-state index in [0.29, 0.717) is 9.63 Å². The van der Waals surface area contributed by atoms with Gasteiger partial charge in [0.05, 0.1) is 12.3 Å². The highest BCUT2D eigenvalue weighted by atomic mass is 79.9. The maximum absolute atomic E-state index is 9.19. The largest absolute Gasteiger partial charge is 0.390 e. The molecule has 2 aromatic rings. The quantitative estimate of drug-likeness (QED) is 0.926. The summed E-state index contributed by atoms with van der Waals surface area (Å²) < 4.78 is 2.52. The predicted octanol–water partition coefficient (Wildman–Crippen LogP) is 3.00. The number of rotatable bonds is 2. The summed E-state index contributed by atoms with van der Waals surface area (Å²) in [6, 6.07) is 7.44. The second-order valence-corrected chi connectivity index (χ2v) is 4.58. The van der Waals surface area contributed by atoms with Crippen molar-refractivity contribution in [2.75, 3.05) is 0 Å². The summed E-state index contributed by atoms with van der Waals surface area (Å²) in [5.41, 5.74) is 1.72. The Morgan fingerprint density at radius 1 is 1.38 bits per heavy atom. The van der Waals surface area contributed by atoms with Gasteiger partial charge < -0.3 is 9.67 Å². The van der Waals surface area contributed by atoms with Crippen molar-refractivity contribution in [3.8, 4) is 11.4 Å². The molecule has 1 heterocycles. The van der Waals surface area contributed by atoms with E-state index in [0.717, 1.165) is 17.1 Å². The second-order valence-electron chi connectivity index (χ2n) is 3.40. The number of hydrogen-bond acceptors (Lipinski definition) is 2. The standard InChI is InChI=1S/C11H10BrClN2O/c1-15-9(6-16)10(12)14-11(15)7-2-4-8(13)5-3-7/h2-5,16H,6H2,1H3. The monoisotopic (exact) mass is 300 g/mol. The van der Waals surface area contributed by atoms with Crippen LogP contribution in [0.4, 0.5) is 0 Å². The first-order chi connectivity index (χ1) is 7.63. The number of benzene rings is 1. The minimum Gasteiger partial charge on any atom is -0.390 e. The molecule has 16 heavy (non-hydrogen) atoms. The Kier molecular flexibility index (Phi) is 3.33. The fraction of sp³-hybridized carbons (Fsp3) is 0.182. The summed E-state index contributed by atoms with van der Waals surface area (Å²) in [5, 5.41) is 9.89. The molecule has 2 rings (SSSR count). The average Bonchev–Trinajstić information content (AvgIpc) is 2.55. The molecule has 0 aliphatic carbocycles. The normalized spacial score (nSPS) is 10.8. The predicted molar refractivity (Wildman–Crippen MR) is 67.3 cm³/mol. The zero-order chi connectivity index (χ0) is 11.7. The third-order valence-electron chi connectivity index (χ3n) is 2.42. The van der Waals surface area contributed by atoms with E-state index < -0.39 is 0 Å². The van der Waals surface area contributed by atoms with Crippen LogP contribution >= 0.6 is 27.5 Å². The minimum atomic E-state index is -0.0440. The first-order valence-corrected chi connectivity index (χ1v) is 5.88. The second kappa shape index (κ2) is 4.57. The molecule has 1 N–H and O–H groups in total. The fourth-order valence-electron chi connectivity index (χ4n) is 1.53. The fourth-order valence-corrected chi connectivity index (χ4v) is 2.21. The van der Waals surface area contributed by atoms with E-state index in [9.17, 15) is 5.11 Å². The zero-order valence-electron chi connectivity index (χ0n) is 8.61. The molecule has 0 fully saturated rings. The van der Waals surface area contributed by atoms with Crippen molar-refractivity contribution >= 4 is 27.5 Å². The molecular weight excluding hydrogens is 291 g/mol. The summed E-state index contributed by atoms with van der Waals surface area (Å²) in [6.07, 6.45) is 0. The topological polar surface area (TPSA) is 38.0 Å². The number of hydrogen-bond donors (Lipinski definition) is 1. The lowest BCUT2D eigenvalue weighted by Gasteiger charge is -2.03. The van der Waals surface area contributed by atoms with Crippen molar-refractivity contribution < 1.29 is 5.11 Å². The van der Waals surface area contributed by atoms with Crippen LogP contribution in [0.15, 0.2) is 28.9 Å². The van der Waals surface area contributed by atoms with Gasteiger partial charge in [-0.05, 0) is 40.2 Å². The van der Waals surface area contributed by atoms with E-state index in [1.165, 1.54) is 0 Å². The van der Waals surface area contributed by atoms with Gasteiger partial charge in [0, 0.05) is 17.6 Å². The Labute approximate surface area is 107 Å². The Morgan fingerprint density at radius 2 is 2.00 bits per heavy atom. The van der Waals surface area contributed by atoms with Crippen LogP contribution in [0.3, 0.4) is 0 Å². The van der Waals surface area contributed by atoms with Gasteiger partial charge in [-0.25, -0.2) is 4.98 Å². The molecule has 0 aliphatic rings. The molecule has 0 aliphatic heterocycles. The third-order valence-corrected chi connectivity index (χ3v) is 3.30. The summed E-state index contributed by atoms with van der Waals surface area (Å²) in [4.78, 5) is 4.36. The Bertz CT molecular complexity index is 507. The van der Waals surface area contributed by atoms with E-state index >= 15 is 0 Å². The van der Waals surface area contributed by atoms with Gasteiger partial charge >= 0.3 is 0 Å². The zero-order valence-corrected chi connectivity index (χ0v) is 11.0. The van der Waals surface area contributed by atoms with E-state index in [1.54, 1.807) is 0 Å². The molecule has 0 radical (unpaired) electrons. The van der Waals surface area contributed by atoms with Crippen molar-refractivity contribution in [3.63, 3.8) is 0 Å². The SMILES string of the molecule is Cn1c(-c2ccc(Cl)cc2)nc(Br)c1CO. The van der Waals surface area contributed by atoms with E-state index in [-0.39, 0.29) is 6.61 Å². The highest BCUT2D eigenvalue weighted by molar-refractivity contribution is 9.10. The maximum atomic E-state index is 9.19. The molecular formula is C11H10BrClN2O. The minimum absolute atomic E-state index is 0.0440. The lowest BCUT2D eigenvalue weighted by atomic mass is 10.2. The summed E-state index contributed by atoms with van der Waals surface area (Å²) in [6.45, 7) is -0.0440. The molecule has 0 amide bonds. The molecule has 0 unspecified atom stereocenters. The van der Waals surface area contributed by atoms with Crippen molar-refractivity contribution in [1.29, 1.82) is 0 Å². The molecule has 0 saturated heterocycles. The molecule has 0 saturated carbocycles. The Morgan fingerprint density at radius 3 is 2.50 bits per heavy atom. The Balaban J connectivity index is 2.52. The van der Waals surface area contributed by atoms with Crippen LogP contribution in [0.5, 0.6) is 0 Å². The van der Waals surface area contributed by atoms with Crippen LogP contribution in [0, 0.1) is 0 Å². The summed E-state index contributed by atoms with van der Waals surface area (Å²) >= 11 is 9.15. The van der Waals surface area contributed by atoms with Crippen LogP contribution < -0.4 is 0 Å². The molecule has 1 aromatic carbocycles. The molecule has 84 valence electrons. The van der Waals surface area contributed by atoms with Crippen LogP contribution in [0.1, 0.15) is 5.69 Å². The van der Waals surface area contributed by atoms with Crippen LogP contribution in [-0.4, -0.2) is 14.7 Å². The third kappa shape index (κ3) is 2.00. The van der Waals surface area contributed by atoms with Crippen molar-refractivity contribution in [2.24, 2.45) is 7.05 Å². The van der Waals surface area contributed by atoms with Gasteiger partial charge in [0.25, 0.3) is 0 Å². The average molecular weight is 302 g/mol. The van der Waals surface area contributed by atoms with E-state index in [1.807, 2.05) is 35.9 Å². The van der Waals surface area contributed by atoms with E-state index in [4.69, 9.17) is 11.6 Å². The molecule has 0 spiro atoms. The first kappa shape index (κ1) is 11.6. The van der Waals surface area contributed by atoms with Crippen molar-refractivity contribution in [1.82, 2.24) is 9.55 Å². The lowest BCUT2D eigenvalue weighted by Crippen LogP contribution is -1.98. The molecule has 0 atom stereocenters. The van der Waals surface area contributed by atoms with Gasteiger partial charge in [0.15, 0.2) is 0 Å². The van der Waals surface area contributed by atoms with Gasteiger partial charge in [-0.2, -0.15) is 0 Å². The number of halogens is 2. The van der Waals surface area contributed by atoms with E-state index in [2.05, 4.69) is 20.9 Å². The number of aliphatic hydroxyl groups excluding tert-OH is 1. The smallest absolute Gasteiger partial charge is 0.141 e.